The lowest BCUT2D eigenvalue weighted by Gasteiger charge is -2.44. The number of benzene rings is 2. The van der Waals surface area contributed by atoms with Crippen LogP contribution in [-0.4, -0.2) is 58.0 Å². The van der Waals surface area contributed by atoms with E-state index in [0.29, 0.717) is 16.9 Å². The molecule has 0 saturated carbocycles. The Morgan fingerprint density at radius 1 is 1.05 bits per heavy atom. The summed E-state index contributed by atoms with van der Waals surface area (Å²) in [5.41, 5.74) is 5.03. The number of nitrogens with one attached hydrogen (secondary N) is 2. The maximum Gasteiger partial charge on any atom is 0.387 e. The first-order chi connectivity index (χ1) is 19.4. The number of hydrogen-bond donors (Lipinski definition) is 2. The average Bonchev–Trinajstić information content (AvgIpc) is 3.39. The Kier molecular flexibility index (Phi) is 7.10. The second-order valence-corrected chi connectivity index (χ2v) is 10.7. The lowest BCUT2D eigenvalue weighted by atomic mass is 9.71. The third-order valence-electron chi connectivity index (χ3n) is 8.30. The van der Waals surface area contributed by atoms with Gasteiger partial charge in [-0.05, 0) is 99.1 Å². The fourth-order valence-corrected chi connectivity index (χ4v) is 5.96. The van der Waals surface area contributed by atoms with Crippen LogP contribution in [0.25, 0.3) is 16.9 Å². The Hall–Kier alpha value is -4.05. The summed E-state index contributed by atoms with van der Waals surface area (Å²) in [6, 6.07) is 12.2. The van der Waals surface area contributed by atoms with Crippen LogP contribution in [0.5, 0.6) is 5.75 Å². The Morgan fingerprint density at radius 3 is 2.50 bits per heavy atom. The van der Waals surface area contributed by atoms with Crippen molar-refractivity contribution in [2.45, 2.75) is 39.2 Å². The number of aryl methyl sites for hydroxylation is 1. The highest BCUT2D eigenvalue weighted by molar-refractivity contribution is 5.96. The first-order valence-electron chi connectivity index (χ1n) is 13.7. The van der Waals surface area contributed by atoms with Gasteiger partial charge in [-0.1, -0.05) is 0 Å². The minimum Gasteiger partial charge on any atom is -0.435 e. The molecule has 6 rings (SSSR count). The summed E-state index contributed by atoms with van der Waals surface area (Å²) in [4.78, 5) is 24.4. The summed E-state index contributed by atoms with van der Waals surface area (Å²) < 4.78 is 31.3. The molecule has 10 heteroatoms. The summed E-state index contributed by atoms with van der Waals surface area (Å²) in [5.74, 6) is 0.754. The van der Waals surface area contributed by atoms with Gasteiger partial charge in [0.1, 0.15) is 5.75 Å². The van der Waals surface area contributed by atoms with Crippen molar-refractivity contribution in [2.24, 2.45) is 5.41 Å². The summed E-state index contributed by atoms with van der Waals surface area (Å²) in [6.45, 7) is 2.88. The van der Waals surface area contributed by atoms with Crippen LogP contribution >= 0.6 is 0 Å². The Labute approximate surface area is 231 Å². The summed E-state index contributed by atoms with van der Waals surface area (Å²) in [7, 11) is 0. The molecule has 40 heavy (non-hydrogen) atoms. The number of rotatable bonds is 6. The van der Waals surface area contributed by atoms with Crippen molar-refractivity contribution in [1.29, 1.82) is 0 Å². The van der Waals surface area contributed by atoms with Gasteiger partial charge in [0, 0.05) is 42.3 Å². The van der Waals surface area contributed by atoms with E-state index in [1.165, 1.54) is 25.0 Å². The molecule has 0 bridgehead atoms. The highest BCUT2D eigenvalue weighted by atomic mass is 19.3. The molecule has 2 fully saturated rings. The summed E-state index contributed by atoms with van der Waals surface area (Å²) in [6.07, 6.45) is 9.75. The number of halogens is 2. The van der Waals surface area contributed by atoms with Gasteiger partial charge < -0.3 is 20.3 Å². The molecule has 2 aromatic heterocycles. The molecule has 208 valence electrons. The van der Waals surface area contributed by atoms with Crippen molar-refractivity contribution in [1.82, 2.24) is 24.6 Å². The van der Waals surface area contributed by atoms with Crippen molar-refractivity contribution in [3.63, 3.8) is 0 Å². The predicted molar refractivity (Wildman–Crippen MR) is 149 cm³/mol. The third kappa shape index (κ3) is 5.23. The number of alkyl halides is 2. The SMILES string of the molecule is Cc1cc(Nc2nccn3c(-c4ccc(OC(F)F)cc4)cnc23)ccc1C(=O)N1CCC2(CCNCC2)CC1. The largest absolute Gasteiger partial charge is 0.435 e. The topological polar surface area (TPSA) is 83.8 Å². The molecule has 0 atom stereocenters. The van der Waals surface area contributed by atoms with Crippen molar-refractivity contribution >= 4 is 23.1 Å². The smallest absolute Gasteiger partial charge is 0.387 e. The maximum atomic E-state index is 13.4. The fraction of sp³-hybridized carbons (Fsp3) is 0.367. The van der Waals surface area contributed by atoms with Crippen molar-refractivity contribution in [3.05, 3.63) is 72.2 Å². The number of amides is 1. The average molecular weight is 547 g/mol. The summed E-state index contributed by atoms with van der Waals surface area (Å²) >= 11 is 0. The van der Waals surface area contributed by atoms with Gasteiger partial charge in [0.15, 0.2) is 11.5 Å². The molecule has 4 aromatic rings. The molecule has 2 aromatic carbocycles. The van der Waals surface area contributed by atoms with Crippen LogP contribution in [0, 0.1) is 12.3 Å². The molecule has 1 amide bonds. The molecule has 2 saturated heterocycles. The van der Waals surface area contributed by atoms with Crippen molar-refractivity contribution in [2.75, 3.05) is 31.5 Å². The van der Waals surface area contributed by atoms with Crippen molar-refractivity contribution in [3.8, 4) is 17.0 Å². The van der Waals surface area contributed by atoms with E-state index in [-0.39, 0.29) is 11.7 Å². The number of imidazole rings is 1. The van der Waals surface area contributed by atoms with Gasteiger partial charge in [0.25, 0.3) is 5.91 Å². The lowest BCUT2D eigenvalue weighted by molar-refractivity contribution is -0.0498. The van der Waals surface area contributed by atoms with E-state index in [1.54, 1.807) is 30.7 Å². The van der Waals surface area contributed by atoms with E-state index in [0.717, 1.165) is 67.1 Å². The first-order valence-corrected chi connectivity index (χ1v) is 13.7. The quantitative estimate of drug-likeness (QED) is 0.325. The molecule has 2 N–H and O–H groups in total. The first kappa shape index (κ1) is 26.2. The van der Waals surface area contributed by atoms with Gasteiger partial charge >= 0.3 is 6.61 Å². The minimum absolute atomic E-state index is 0.0935. The number of fused-ring (bicyclic) bond motifs is 1. The van der Waals surface area contributed by atoms with E-state index >= 15 is 0 Å². The van der Waals surface area contributed by atoms with Gasteiger partial charge in [-0.15, -0.1) is 0 Å². The van der Waals surface area contributed by atoms with Crippen LogP contribution in [-0.2, 0) is 0 Å². The van der Waals surface area contributed by atoms with Gasteiger partial charge in [0.2, 0.25) is 0 Å². The van der Waals surface area contributed by atoms with Gasteiger partial charge in [0.05, 0.1) is 11.9 Å². The van der Waals surface area contributed by atoms with E-state index in [2.05, 4.69) is 25.3 Å². The third-order valence-corrected chi connectivity index (χ3v) is 8.30. The minimum atomic E-state index is -2.87. The monoisotopic (exact) mass is 546 g/mol. The molecule has 2 aliphatic heterocycles. The molecule has 4 heterocycles. The number of carbonyl (C=O) groups excluding carboxylic acids is 1. The molecular formula is C30H32F2N6O2. The zero-order valence-electron chi connectivity index (χ0n) is 22.4. The second-order valence-electron chi connectivity index (χ2n) is 10.7. The number of ether oxygens (including phenoxy) is 1. The number of likely N-dealkylation sites (tertiary alicyclic amines) is 1. The Morgan fingerprint density at radius 2 is 1.80 bits per heavy atom. The standard InChI is InChI=1S/C30H32F2N6O2/c1-20-18-22(4-7-24(20)28(39)37-15-10-30(11-16-37)8-12-33-13-9-30)36-26-27-35-19-25(38(27)17-14-34-26)21-2-5-23(6-3-21)40-29(31)32/h2-7,14,17-19,29,33H,8-13,15-16H2,1H3,(H,34,36). The van der Waals surface area contributed by atoms with Gasteiger partial charge in [-0.25, -0.2) is 9.97 Å². The van der Waals surface area contributed by atoms with E-state index in [1.807, 2.05) is 34.4 Å². The fourth-order valence-electron chi connectivity index (χ4n) is 5.96. The van der Waals surface area contributed by atoms with Crippen LogP contribution in [0.1, 0.15) is 41.6 Å². The molecule has 0 aliphatic carbocycles. The molecule has 8 nitrogen and oxygen atoms in total. The highest BCUT2D eigenvalue weighted by Gasteiger charge is 2.37. The van der Waals surface area contributed by atoms with Crippen LogP contribution in [0.2, 0.25) is 0 Å². The molecule has 2 aliphatic rings. The lowest BCUT2D eigenvalue weighted by Crippen LogP contribution is -2.47. The summed E-state index contributed by atoms with van der Waals surface area (Å²) in [5, 5.41) is 6.79. The van der Waals surface area contributed by atoms with Gasteiger partial charge in [-0.2, -0.15) is 8.78 Å². The molecule has 0 radical (unpaired) electrons. The van der Waals surface area contributed by atoms with Crippen LogP contribution < -0.4 is 15.4 Å². The number of hydrogen-bond acceptors (Lipinski definition) is 6. The normalized spacial score (nSPS) is 16.9. The maximum absolute atomic E-state index is 13.4. The van der Waals surface area contributed by atoms with E-state index in [4.69, 9.17) is 0 Å². The van der Waals surface area contributed by atoms with E-state index < -0.39 is 6.61 Å². The number of anilines is 2. The van der Waals surface area contributed by atoms with Crippen LogP contribution in [0.15, 0.2) is 61.1 Å². The Bertz CT molecular complexity index is 1500. The highest BCUT2D eigenvalue weighted by Crippen LogP contribution is 2.40. The zero-order chi connectivity index (χ0) is 27.7. The second kappa shape index (κ2) is 10.8. The van der Waals surface area contributed by atoms with Crippen molar-refractivity contribution < 1.29 is 18.3 Å². The van der Waals surface area contributed by atoms with Gasteiger partial charge in [-0.3, -0.25) is 9.20 Å². The van der Waals surface area contributed by atoms with Crippen LogP contribution in [0.3, 0.4) is 0 Å². The van der Waals surface area contributed by atoms with Crippen LogP contribution in [0.4, 0.5) is 20.3 Å². The predicted octanol–water partition coefficient (Wildman–Crippen LogP) is 5.66. The van der Waals surface area contributed by atoms with E-state index in [9.17, 15) is 13.6 Å². The number of piperidine rings is 2. The number of carbonyl (C=O) groups is 1. The molecule has 0 unspecified atom stereocenters. The zero-order valence-corrected chi connectivity index (χ0v) is 22.4. The molecular weight excluding hydrogens is 514 g/mol. The number of nitrogens with zero attached hydrogens (tertiary/aromatic N) is 4. The molecule has 1 spiro atoms. The number of aromatic nitrogens is 3. The Balaban J connectivity index is 1.16.